The lowest BCUT2D eigenvalue weighted by Crippen LogP contribution is -2.54. The van der Waals surface area contributed by atoms with Crippen LogP contribution in [0.1, 0.15) is 53.7 Å². The molecule has 0 aliphatic heterocycles. The molecule has 2 aliphatic carbocycles. The molecule has 2 bridgehead atoms. The van der Waals surface area contributed by atoms with Crippen LogP contribution < -0.4 is 16.6 Å². The lowest BCUT2D eigenvalue weighted by Gasteiger charge is -2.45. The standard InChI is InChI=1S/C16H24N4O2/c1-8-9(2)19-20-16(22)13(8)15(21)18-14-10-4-3-5-11(14)7-12(17)6-10/h10-12,14H,3-7,17H2,1-2H3,(H,18,21)(H,20,22). The Balaban J connectivity index is 1.83. The number of aromatic amines is 1. The Morgan fingerprint density at radius 2 is 1.91 bits per heavy atom. The Hall–Kier alpha value is -1.69. The van der Waals surface area contributed by atoms with E-state index in [0.29, 0.717) is 23.1 Å². The molecular formula is C16H24N4O2. The van der Waals surface area contributed by atoms with Crippen LogP contribution in [0.2, 0.25) is 0 Å². The van der Waals surface area contributed by atoms with E-state index in [1.165, 1.54) is 6.42 Å². The number of rotatable bonds is 2. The molecule has 22 heavy (non-hydrogen) atoms. The molecule has 4 N–H and O–H groups in total. The molecule has 1 heterocycles. The Labute approximate surface area is 129 Å². The van der Waals surface area contributed by atoms with Gasteiger partial charge in [-0.05, 0) is 56.9 Å². The first kappa shape index (κ1) is 15.2. The quantitative estimate of drug-likeness (QED) is 0.759. The van der Waals surface area contributed by atoms with Crippen molar-refractivity contribution in [2.24, 2.45) is 17.6 Å². The monoisotopic (exact) mass is 304 g/mol. The van der Waals surface area contributed by atoms with Gasteiger partial charge in [0, 0.05) is 12.1 Å². The highest BCUT2D eigenvalue weighted by Crippen LogP contribution is 2.39. The Kier molecular flexibility index (Phi) is 4.04. The highest BCUT2D eigenvalue weighted by atomic mass is 16.2. The second kappa shape index (κ2) is 5.83. The van der Waals surface area contributed by atoms with Gasteiger partial charge in [-0.3, -0.25) is 9.59 Å². The van der Waals surface area contributed by atoms with Crippen LogP contribution in [0.3, 0.4) is 0 Å². The van der Waals surface area contributed by atoms with E-state index < -0.39 is 5.56 Å². The molecule has 1 aromatic heterocycles. The number of nitrogens with one attached hydrogen (secondary N) is 2. The molecular weight excluding hydrogens is 280 g/mol. The van der Waals surface area contributed by atoms with E-state index in [-0.39, 0.29) is 23.6 Å². The van der Waals surface area contributed by atoms with Crippen LogP contribution in [0.15, 0.2) is 4.79 Å². The second-order valence-corrected chi connectivity index (χ2v) is 6.82. The SMILES string of the molecule is Cc1n[nH]c(=O)c(C(=O)NC2C3CCCC2CC(N)C3)c1C. The maximum absolute atomic E-state index is 12.6. The normalized spacial score (nSPS) is 30.9. The summed E-state index contributed by atoms with van der Waals surface area (Å²) in [5.41, 5.74) is 7.23. The van der Waals surface area contributed by atoms with Crippen LogP contribution in [0.25, 0.3) is 0 Å². The van der Waals surface area contributed by atoms with Crippen molar-refractivity contribution in [3.63, 3.8) is 0 Å². The maximum Gasteiger partial charge on any atom is 0.277 e. The summed E-state index contributed by atoms with van der Waals surface area (Å²) in [6.45, 7) is 3.56. The fourth-order valence-electron chi connectivity index (χ4n) is 4.15. The topological polar surface area (TPSA) is 101 Å². The molecule has 120 valence electrons. The van der Waals surface area contributed by atoms with Gasteiger partial charge < -0.3 is 11.1 Å². The van der Waals surface area contributed by atoms with Crippen molar-refractivity contribution >= 4 is 5.91 Å². The number of H-pyrrole nitrogens is 1. The predicted octanol–water partition coefficient (Wildman–Crippen LogP) is 1.02. The molecule has 2 aliphatic rings. The van der Waals surface area contributed by atoms with Crippen LogP contribution >= 0.6 is 0 Å². The van der Waals surface area contributed by atoms with Crippen LogP contribution in [0, 0.1) is 25.7 Å². The summed E-state index contributed by atoms with van der Waals surface area (Å²) in [4.78, 5) is 24.6. The van der Waals surface area contributed by atoms with E-state index in [1.807, 2.05) is 0 Å². The molecule has 2 saturated carbocycles. The fraction of sp³-hybridized carbons (Fsp3) is 0.688. The van der Waals surface area contributed by atoms with Crippen molar-refractivity contribution in [3.05, 3.63) is 27.2 Å². The van der Waals surface area contributed by atoms with Gasteiger partial charge >= 0.3 is 0 Å². The van der Waals surface area contributed by atoms with Gasteiger partial charge in [0.2, 0.25) is 0 Å². The molecule has 0 radical (unpaired) electrons. The Bertz CT molecular complexity index is 626. The summed E-state index contributed by atoms with van der Waals surface area (Å²) in [5, 5.41) is 9.42. The van der Waals surface area contributed by atoms with Gasteiger partial charge in [0.25, 0.3) is 11.5 Å². The minimum atomic E-state index is -0.418. The van der Waals surface area contributed by atoms with Gasteiger partial charge in [-0.15, -0.1) is 0 Å². The van der Waals surface area contributed by atoms with Crippen molar-refractivity contribution in [2.45, 2.75) is 58.0 Å². The van der Waals surface area contributed by atoms with Gasteiger partial charge in [-0.2, -0.15) is 5.10 Å². The first-order chi connectivity index (χ1) is 10.5. The number of nitrogens with two attached hydrogens (primary N) is 1. The molecule has 0 spiro atoms. The summed E-state index contributed by atoms with van der Waals surface area (Å²) in [7, 11) is 0. The average Bonchev–Trinajstić information content (AvgIpc) is 2.44. The Morgan fingerprint density at radius 1 is 1.27 bits per heavy atom. The first-order valence-electron chi connectivity index (χ1n) is 8.09. The number of aryl methyl sites for hydroxylation is 1. The smallest absolute Gasteiger partial charge is 0.277 e. The first-order valence-corrected chi connectivity index (χ1v) is 8.09. The minimum Gasteiger partial charge on any atom is -0.349 e. The summed E-state index contributed by atoms with van der Waals surface area (Å²) < 4.78 is 0. The van der Waals surface area contributed by atoms with Gasteiger partial charge in [-0.1, -0.05) is 6.42 Å². The lowest BCUT2D eigenvalue weighted by molar-refractivity contribution is 0.0753. The van der Waals surface area contributed by atoms with E-state index in [9.17, 15) is 9.59 Å². The lowest BCUT2D eigenvalue weighted by atomic mass is 9.67. The van der Waals surface area contributed by atoms with Crippen molar-refractivity contribution < 1.29 is 4.79 Å². The van der Waals surface area contributed by atoms with Crippen LogP contribution in [0.4, 0.5) is 0 Å². The van der Waals surface area contributed by atoms with Crippen LogP contribution in [-0.4, -0.2) is 28.2 Å². The maximum atomic E-state index is 12.6. The molecule has 1 amide bonds. The third-order valence-corrected chi connectivity index (χ3v) is 5.37. The molecule has 6 nitrogen and oxygen atoms in total. The van der Waals surface area contributed by atoms with Gasteiger partial charge in [0.15, 0.2) is 0 Å². The van der Waals surface area contributed by atoms with E-state index >= 15 is 0 Å². The summed E-state index contributed by atoms with van der Waals surface area (Å²) in [6.07, 6.45) is 5.36. The minimum absolute atomic E-state index is 0.147. The zero-order valence-electron chi connectivity index (χ0n) is 13.2. The number of hydrogen-bond acceptors (Lipinski definition) is 4. The second-order valence-electron chi connectivity index (χ2n) is 6.82. The third-order valence-electron chi connectivity index (χ3n) is 5.37. The highest BCUT2D eigenvalue weighted by Gasteiger charge is 2.40. The van der Waals surface area contributed by atoms with Gasteiger partial charge in [0.05, 0.1) is 5.69 Å². The van der Waals surface area contributed by atoms with Gasteiger partial charge in [0.1, 0.15) is 5.56 Å². The molecule has 3 rings (SSSR count). The zero-order valence-corrected chi connectivity index (χ0v) is 13.2. The van der Waals surface area contributed by atoms with Crippen molar-refractivity contribution in [1.82, 2.24) is 15.5 Å². The van der Waals surface area contributed by atoms with E-state index in [4.69, 9.17) is 5.73 Å². The molecule has 2 unspecified atom stereocenters. The molecule has 2 fully saturated rings. The molecule has 2 atom stereocenters. The largest absolute Gasteiger partial charge is 0.349 e. The number of nitrogens with zero attached hydrogens (tertiary/aromatic N) is 1. The third kappa shape index (κ3) is 2.67. The van der Waals surface area contributed by atoms with E-state index in [1.54, 1.807) is 13.8 Å². The van der Waals surface area contributed by atoms with Crippen LogP contribution in [-0.2, 0) is 0 Å². The number of amides is 1. The summed E-state index contributed by atoms with van der Waals surface area (Å²) >= 11 is 0. The number of hydrogen-bond donors (Lipinski definition) is 3. The number of carbonyl (C=O) groups is 1. The highest BCUT2D eigenvalue weighted by molar-refractivity contribution is 5.95. The van der Waals surface area contributed by atoms with Crippen molar-refractivity contribution in [3.8, 4) is 0 Å². The number of aromatic nitrogens is 2. The fourth-order valence-corrected chi connectivity index (χ4v) is 4.15. The number of fused-ring (bicyclic) bond motifs is 2. The molecule has 0 aromatic carbocycles. The van der Waals surface area contributed by atoms with Crippen LogP contribution in [0.5, 0.6) is 0 Å². The number of carbonyl (C=O) groups excluding carboxylic acids is 1. The van der Waals surface area contributed by atoms with E-state index in [2.05, 4.69) is 15.5 Å². The molecule has 6 heteroatoms. The molecule has 0 saturated heterocycles. The Morgan fingerprint density at radius 3 is 2.55 bits per heavy atom. The van der Waals surface area contributed by atoms with Crippen molar-refractivity contribution in [2.75, 3.05) is 0 Å². The zero-order chi connectivity index (χ0) is 15.9. The van der Waals surface area contributed by atoms with Gasteiger partial charge in [-0.25, -0.2) is 5.10 Å². The summed E-state index contributed by atoms with van der Waals surface area (Å²) in [5.74, 6) is 0.601. The van der Waals surface area contributed by atoms with E-state index in [0.717, 1.165) is 25.7 Å². The summed E-state index contributed by atoms with van der Waals surface area (Å²) in [6, 6.07) is 0.394. The average molecular weight is 304 g/mol. The molecule has 1 aromatic rings. The predicted molar refractivity (Wildman–Crippen MR) is 83.6 cm³/mol. The van der Waals surface area contributed by atoms with Crippen molar-refractivity contribution in [1.29, 1.82) is 0 Å².